The molecule has 0 spiro atoms. The number of hydrogen-bond donors (Lipinski definition) is 1. The fourth-order valence-electron chi connectivity index (χ4n) is 1.91. The molecule has 0 heterocycles. The van der Waals surface area contributed by atoms with Crippen LogP contribution in [0.3, 0.4) is 0 Å². The Morgan fingerprint density at radius 1 is 1.14 bits per heavy atom. The zero-order valence-corrected chi connectivity index (χ0v) is 12.4. The summed E-state index contributed by atoms with van der Waals surface area (Å²) in [6.07, 6.45) is -0.487. The van der Waals surface area contributed by atoms with Crippen LogP contribution in [0.15, 0.2) is 47.4 Å². The number of aliphatic hydroxyl groups excluding tert-OH is 1. The second kappa shape index (κ2) is 7.43. The predicted octanol–water partition coefficient (Wildman–Crippen LogP) is 3.67. The summed E-state index contributed by atoms with van der Waals surface area (Å²) in [5.74, 6) is -0.155. The molecule has 5 heteroatoms. The third-order valence-corrected chi connectivity index (χ3v) is 4.13. The van der Waals surface area contributed by atoms with E-state index in [9.17, 15) is 13.9 Å². The zero-order valence-electron chi connectivity index (χ0n) is 11.6. The summed E-state index contributed by atoms with van der Waals surface area (Å²) in [4.78, 5) is 0.863. The van der Waals surface area contributed by atoms with Gasteiger partial charge in [-0.2, -0.15) is 0 Å². The number of methoxy groups -OCH3 is 1. The van der Waals surface area contributed by atoms with E-state index in [1.807, 2.05) is 0 Å². The van der Waals surface area contributed by atoms with Crippen molar-refractivity contribution in [3.63, 3.8) is 0 Å². The summed E-state index contributed by atoms with van der Waals surface area (Å²) < 4.78 is 31.6. The van der Waals surface area contributed by atoms with Crippen molar-refractivity contribution in [2.24, 2.45) is 0 Å². The SMILES string of the molecule is COc1cccc(CC(O)CSc2ccc(F)cc2)c1F. The third kappa shape index (κ3) is 4.44. The van der Waals surface area contributed by atoms with Crippen molar-refractivity contribution in [1.82, 2.24) is 0 Å². The summed E-state index contributed by atoms with van der Waals surface area (Å²) in [5.41, 5.74) is 0.418. The van der Waals surface area contributed by atoms with Crippen LogP contribution >= 0.6 is 11.8 Å². The van der Waals surface area contributed by atoms with E-state index in [4.69, 9.17) is 4.74 Å². The van der Waals surface area contributed by atoms with Gasteiger partial charge in [0.25, 0.3) is 0 Å². The Kier molecular flexibility index (Phi) is 5.59. The van der Waals surface area contributed by atoms with E-state index in [0.717, 1.165) is 4.90 Å². The lowest BCUT2D eigenvalue weighted by Crippen LogP contribution is -2.14. The highest BCUT2D eigenvalue weighted by atomic mass is 32.2. The Morgan fingerprint density at radius 3 is 2.52 bits per heavy atom. The van der Waals surface area contributed by atoms with Gasteiger partial charge in [-0.3, -0.25) is 0 Å². The third-order valence-electron chi connectivity index (χ3n) is 2.97. The van der Waals surface area contributed by atoms with Gasteiger partial charge in [0.1, 0.15) is 5.82 Å². The Morgan fingerprint density at radius 2 is 1.86 bits per heavy atom. The van der Waals surface area contributed by atoms with E-state index >= 15 is 0 Å². The van der Waals surface area contributed by atoms with Crippen LogP contribution in [-0.2, 0) is 6.42 Å². The fourth-order valence-corrected chi connectivity index (χ4v) is 2.74. The smallest absolute Gasteiger partial charge is 0.168 e. The van der Waals surface area contributed by atoms with Gasteiger partial charge in [-0.15, -0.1) is 11.8 Å². The number of halogens is 2. The minimum absolute atomic E-state index is 0.172. The van der Waals surface area contributed by atoms with Crippen LogP contribution in [-0.4, -0.2) is 24.1 Å². The summed E-state index contributed by atoms with van der Waals surface area (Å²) in [6, 6.07) is 10.9. The van der Waals surface area contributed by atoms with Crippen molar-refractivity contribution < 1.29 is 18.6 Å². The number of hydrogen-bond acceptors (Lipinski definition) is 3. The molecule has 0 amide bonds. The Labute approximate surface area is 126 Å². The molecule has 0 saturated heterocycles. The standard InChI is InChI=1S/C16H16F2O2S/c1-20-15-4-2-3-11(16(15)18)9-13(19)10-21-14-7-5-12(17)6-8-14/h2-8,13,19H,9-10H2,1H3. The number of aliphatic hydroxyl groups is 1. The highest BCUT2D eigenvalue weighted by Gasteiger charge is 2.13. The fraction of sp³-hybridized carbons (Fsp3) is 0.250. The monoisotopic (exact) mass is 310 g/mol. The molecule has 0 aromatic heterocycles. The second-order valence-electron chi connectivity index (χ2n) is 4.56. The zero-order chi connectivity index (χ0) is 15.2. The van der Waals surface area contributed by atoms with Crippen LogP contribution in [0, 0.1) is 11.6 Å². The molecule has 2 nitrogen and oxygen atoms in total. The molecule has 112 valence electrons. The molecule has 0 fully saturated rings. The minimum atomic E-state index is -0.693. The number of ether oxygens (including phenoxy) is 1. The van der Waals surface area contributed by atoms with Gasteiger partial charge in [-0.1, -0.05) is 12.1 Å². The number of benzene rings is 2. The molecule has 0 radical (unpaired) electrons. The first kappa shape index (κ1) is 15.8. The van der Waals surface area contributed by atoms with Gasteiger partial charge in [0.2, 0.25) is 0 Å². The molecule has 21 heavy (non-hydrogen) atoms. The lowest BCUT2D eigenvalue weighted by atomic mass is 10.1. The second-order valence-corrected chi connectivity index (χ2v) is 5.65. The van der Waals surface area contributed by atoms with E-state index in [-0.39, 0.29) is 18.0 Å². The normalized spacial score (nSPS) is 12.2. The maximum atomic E-state index is 14.0. The summed E-state index contributed by atoms with van der Waals surface area (Å²) in [7, 11) is 1.41. The number of rotatable bonds is 6. The average molecular weight is 310 g/mol. The van der Waals surface area contributed by atoms with Crippen molar-refractivity contribution in [3.8, 4) is 5.75 Å². The molecule has 0 aliphatic carbocycles. The van der Waals surface area contributed by atoms with Crippen molar-refractivity contribution in [3.05, 3.63) is 59.7 Å². The Hall–Kier alpha value is -1.59. The van der Waals surface area contributed by atoms with Crippen molar-refractivity contribution in [2.45, 2.75) is 17.4 Å². The molecule has 0 aliphatic rings. The summed E-state index contributed by atoms with van der Waals surface area (Å²) in [5, 5.41) is 10.0. The topological polar surface area (TPSA) is 29.5 Å². The van der Waals surface area contributed by atoms with Gasteiger partial charge in [-0.05, 0) is 35.9 Å². The maximum Gasteiger partial charge on any atom is 0.168 e. The molecule has 0 aliphatic heterocycles. The van der Waals surface area contributed by atoms with Gasteiger partial charge >= 0.3 is 0 Å². The maximum absolute atomic E-state index is 14.0. The Balaban J connectivity index is 1.92. The van der Waals surface area contributed by atoms with Crippen molar-refractivity contribution in [2.75, 3.05) is 12.9 Å². The van der Waals surface area contributed by atoms with Crippen molar-refractivity contribution in [1.29, 1.82) is 0 Å². The van der Waals surface area contributed by atoms with Crippen LogP contribution < -0.4 is 4.74 Å². The molecule has 0 bridgehead atoms. The average Bonchev–Trinajstić information content (AvgIpc) is 2.49. The molecule has 2 aromatic rings. The highest BCUT2D eigenvalue weighted by molar-refractivity contribution is 7.99. The lowest BCUT2D eigenvalue weighted by Gasteiger charge is -2.12. The van der Waals surface area contributed by atoms with Crippen LogP contribution in [0.5, 0.6) is 5.75 Å². The number of thioether (sulfide) groups is 1. The molecular formula is C16H16F2O2S. The summed E-state index contributed by atoms with van der Waals surface area (Å²) >= 11 is 1.40. The van der Waals surface area contributed by atoms with Crippen LogP contribution in [0.2, 0.25) is 0 Å². The van der Waals surface area contributed by atoms with Gasteiger partial charge in [0.05, 0.1) is 13.2 Å². The Bertz CT molecular complexity index is 587. The molecule has 0 saturated carbocycles. The first-order valence-electron chi connectivity index (χ1n) is 6.48. The van der Waals surface area contributed by atoms with Gasteiger partial charge < -0.3 is 9.84 Å². The van der Waals surface area contributed by atoms with Gasteiger partial charge in [-0.25, -0.2) is 8.78 Å². The van der Waals surface area contributed by atoms with E-state index in [1.165, 1.54) is 31.0 Å². The van der Waals surface area contributed by atoms with Crippen LogP contribution in [0.25, 0.3) is 0 Å². The van der Waals surface area contributed by atoms with Crippen LogP contribution in [0.1, 0.15) is 5.56 Å². The summed E-state index contributed by atoms with van der Waals surface area (Å²) in [6.45, 7) is 0. The minimum Gasteiger partial charge on any atom is -0.494 e. The first-order valence-corrected chi connectivity index (χ1v) is 7.46. The van der Waals surface area contributed by atoms with Crippen molar-refractivity contribution >= 4 is 11.8 Å². The molecule has 2 rings (SSSR count). The predicted molar refractivity (Wildman–Crippen MR) is 79.8 cm³/mol. The van der Waals surface area contributed by atoms with Gasteiger partial charge in [0.15, 0.2) is 11.6 Å². The molecular weight excluding hydrogens is 294 g/mol. The highest BCUT2D eigenvalue weighted by Crippen LogP contribution is 2.23. The van der Waals surface area contributed by atoms with Crippen LogP contribution in [0.4, 0.5) is 8.78 Å². The molecule has 2 aromatic carbocycles. The van der Waals surface area contributed by atoms with E-state index in [0.29, 0.717) is 11.3 Å². The molecule has 1 unspecified atom stereocenters. The van der Waals surface area contributed by atoms with E-state index < -0.39 is 11.9 Å². The van der Waals surface area contributed by atoms with Gasteiger partial charge in [0, 0.05) is 17.1 Å². The van der Waals surface area contributed by atoms with E-state index in [2.05, 4.69) is 0 Å². The molecule has 1 N–H and O–H groups in total. The first-order chi connectivity index (χ1) is 10.1. The molecule has 1 atom stereocenters. The largest absolute Gasteiger partial charge is 0.494 e. The van der Waals surface area contributed by atoms with E-state index in [1.54, 1.807) is 30.3 Å². The quantitative estimate of drug-likeness (QED) is 0.826. The lowest BCUT2D eigenvalue weighted by molar-refractivity contribution is 0.198.